The number of halogens is 1. The Morgan fingerprint density at radius 2 is 1.91 bits per heavy atom. The first-order valence-electron chi connectivity index (χ1n) is 11.0. The van der Waals surface area contributed by atoms with Crippen molar-refractivity contribution in [3.8, 4) is 22.7 Å². The highest BCUT2D eigenvalue weighted by Gasteiger charge is 2.17. The Morgan fingerprint density at radius 1 is 1.12 bits per heavy atom. The third kappa shape index (κ3) is 4.83. The second-order valence-corrected chi connectivity index (χ2v) is 8.48. The lowest BCUT2D eigenvalue weighted by atomic mass is 10.1. The predicted octanol–water partition coefficient (Wildman–Crippen LogP) is 5.01. The molecule has 0 amide bonds. The molecular weight excluding hydrogens is 417 g/mol. The number of aromatic amines is 1. The van der Waals surface area contributed by atoms with E-state index in [9.17, 15) is 4.39 Å². The molecule has 0 aliphatic rings. The van der Waals surface area contributed by atoms with E-state index in [1.54, 1.807) is 6.07 Å². The first-order valence-corrected chi connectivity index (χ1v) is 11.0. The second-order valence-electron chi connectivity index (χ2n) is 8.48. The fourth-order valence-electron chi connectivity index (χ4n) is 4.14. The van der Waals surface area contributed by atoms with Gasteiger partial charge in [-0.25, -0.2) is 9.07 Å². The highest BCUT2D eigenvalue weighted by atomic mass is 19.1. The minimum Gasteiger partial charge on any atom is -0.494 e. The number of hydrogen-bond acceptors (Lipinski definition) is 4. The standard InChI is InChI=1S/C26H30FN5O/c1-17-8-6-7-9-24(17)32-16-21(15-31(4)13-12-22-18(2)28-29-19(22)3)26(30-32)20-10-11-25(33-5)23(27)14-20/h6-11,14,16H,12-13,15H2,1-5H3,(H,28,29). The van der Waals surface area contributed by atoms with Crippen LogP contribution in [0.5, 0.6) is 5.75 Å². The molecule has 172 valence electrons. The quantitative estimate of drug-likeness (QED) is 0.413. The third-order valence-corrected chi connectivity index (χ3v) is 6.04. The number of ether oxygens (including phenoxy) is 1. The molecule has 0 saturated carbocycles. The number of rotatable bonds is 8. The summed E-state index contributed by atoms with van der Waals surface area (Å²) in [5.41, 5.74) is 8.07. The van der Waals surface area contributed by atoms with Gasteiger partial charge < -0.3 is 9.64 Å². The number of methoxy groups -OCH3 is 1. The molecule has 2 aromatic heterocycles. The van der Waals surface area contributed by atoms with Gasteiger partial charge in [-0.05, 0) is 69.6 Å². The Bertz CT molecular complexity index is 1240. The van der Waals surface area contributed by atoms with Crippen LogP contribution in [0.2, 0.25) is 0 Å². The lowest BCUT2D eigenvalue weighted by molar-refractivity contribution is 0.331. The van der Waals surface area contributed by atoms with Gasteiger partial charge in [0.15, 0.2) is 11.6 Å². The van der Waals surface area contributed by atoms with Crippen LogP contribution < -0.4 is 4.74 Å². The molecule has 0 fully saturated rings. The second kappa shape index (κ2) is 9.58. The summed E-state index contributed by atoms with van der Waals surface area (Å²) < 4.78 is 21.5. The highest BCUT2D eigenvalue weighted by Crippen LogP contribution is 2.29. The monoisotopic (exact) mass is 447 g/mol. The molecule has 0 bridgehead atoms. The van der Waals surface area contributed by atoms with E-state index < -0.39 is 5.82 Å². The predicted molar refractivity (Wildman–Crippen MR) is 128 cm³/mol. The van der Waals surface area contributed by atoms with Gasteiger partial charge in [0, 0.05) is 36.1 Å². The molecule has 6 nitrogen and oxygen atoms in total. The van der Waals surface area contributed by atoms with Crippen molar-refractivity contribution in [1.82, 2.24) is 24.9 Å². The van der Waals surface area contributed by atoms with Gasteiger partial charge in [0.2, 0.25) is 0 Å². The first-order chi connectivity index (χ1) is 15.9. The van der Waals surface area contributed by atoms with E-state index in [4.69, 9.17) is 9.84 Å². The van der Waals surface area contributed by atoms with Gasteiger partial charge >= 0.3 is 0 Å². The summed E-state index contributed by atoms with van der Waals surface area (Å²) in [7, 11) is 3.56. The topological polar surface area (TPSA) is 59.0 Å². The maximum Gasteiger partial charge on any atom is 0.165 e. The van der Waals surface area contributed by atoms with Gasteiger partial charge in [-0.1, -0.05) is 18.2 Å². The van der Waals surface area contributed by atoms with Crippen LogP contribution in [0.1, 0.15) is 28.1 Å². The zero-order valence-corrected chi connectivity index (χ0v) is 19.8. The molecule has 4 aromatic rings. The molecule has 2 aromatic carbocycles. The molecule has 1 N–H and O–H groups in total. The highest BCUT2D eigenvalue weighted by molar-refractivity contribution is 5.64. The fourth-order valence-corrected chi connectivity index (χ4v) is 4.14. The minimum atomic E-state index is -0.398. The van der Waals surface area contributed by atoms with Gasteiger partial charge in [0.05, 0.1) is 24.2 Å². The summed E-state index contributed by atoms with van der Waals surface area (Å²) >= 11 is 0. The Labute approximate surface area is 194 Å². The fraction of sp³-hybridized carbons (Fsp3) is 0.308. The molecule has 0 spiro atoms. The van der Waals surface area contributed by atoms with E-state index in [-0.39, 0.29) is 5.75 Å². The van der Waals surface area contributed by atoms with Crippen LogP contribution in [0.4, 0.5) is 4.39 Å². The Hall–Kier alpha value is -3.45. The van der Waals surface area contributed by atoms with E-state index in [2.05, 4.69) is 42.1 Å². The smallest absolute Gasteiger partial charge is 0.165 e. The molecule has 0 radical (unpaired) electrons. The van der Waals surface area contributed by atoms with Crippen LogP contribution in [-0.4, -0.2) is 45.6 Å². The van der Waals surface area contributed by atoms with E-state index >= 15 is 0 Å². The van der Waals surface area contributed by atoms with E-state index in [1.807, 2.05) is 42.1 Å². The molecule has 4 rings (SSSR count). The SMILES string of the molecule is COc1ccc(-c2nn(-c3ccccc3C)cc2CN(C)CCc2c(C)n[nH]c2C)cc1F. The molecular formula is C26H30FN5O. The summed E-state index contributed by atoms with van der Waals surface area (Å²) in [4.78, 5) is 2.26. The van der Waals surface area contributed by atoms with Gasteiger partial charge in [-0.2, -0.15) is 10.2 Å². The van der Waals surface area contributed by atoms with Crippen molar-refractivity contribution in [3.63, 3.8) is 0 Å². The van der Waals surface area contributed by atoms with Crippen molar-refractivity contribution < 1.29 is 9.13 Å². The number of hydrogen-bond donors (Lipinski definition) is 1. The average Bonchev–Trinajstić information content (AvgIpc) is 3.35. The maximum absolute atomic E-state index is 14.5. The van der Waals surface area contributed by atoms with Crippen molar-refractivity contribution >= 4 is 0 Å². The van der Waals surface area contributed by atoms with Crippen molar-refractivity contribution in [2.45, 2.75) is 33.7 Å². The van der Waals surface area contributed by atoms with Gasteiger partial charge in [-0.3, -0.25) is 5.10 Å². The van der Waals surface area contributed by atoms with Gasteiger partial charge in [-0.15, -0.1) is 0 Å². The van der Waals surface area contributed by atoms with Crippen LogP contribution >= 0.6 is 0 Å². The van der Waals surface area contributed by atoms with E-state index in [1.165, 1.54) is 18.7 Å². The molecule has 0 aliphatic heterocycles. The van der Waals surface area contributed by atoms with Crippen LogP contribution in [0.25, 0.3) is 16.9 Å². The lowest BCUT2D eigenvalue weighted by Crippen LogP contribution is -2.21. The van der Waals surface area contributed by atoms with E-state index in [0.717, 1.165) is 52.4 Å². The number of para-hydroxylation sites is 1. The van der Waals surface area contributed by atoms with Crippen LogP contribution in [0.3, 0.4) is 0 Å². The van der Waals surface area contributed by atoms with Crippen molar-refractivity contribution in [3.05, 3.63) is 82.6 Å². The summed E-state index contributed by atoms with van der Waals surface area (Å²) in [5, 5.41) is 12.2. The van der Waals surface area contributed by atoms with Crippen molar-refractivity contribution in [2.75, 3.05) is 20.7 Å². The molecule has 0 atom stereocenters. The number of aromatic nitrogens is 4. The van der Waals surface area contributed by atoms with Gasteiger partial charge in [0.25, 0.3) is 0 Å². The van der Waals surface area contributed by atoms with Crippen molar-refractivity contribution in [1.29, 1.82) is 0 Å². The zero-order valence-electron chi connectivity index (χ0n) is 19.8. The van der Waals surface area contributed by atoms with Crippen LogP contribution in [0, 0.1) is 26.6 Å². The van der Waals surface area contributed by atoms with E-state index in [0.29, 0.717) is 6.54 Å². The minimum absolute atomic E-state index is 0.224. The molecule has 0 aliphatic carbocycles. The Balaban J connectivity index is 1.65. The maximum atomic E-state index is 14.5. The summed E-state index contributed by atoms with van der Waals surface area (Å²) in [6, 6.07) is 13.1. The third-order valence-electron chi connectivity index (χ3n) is 6.04. The summed E-state index contributed by atoms with van der Waals surface area (Å²) in [6.07, 6.45) is 2.95. The Morgan fingerprint density at radius 3 is 2.58 bits per heavy atom. The largest absolute Gasteiger partial charge is 0.494 e. The molecule has 0 saturated heterocycles. The first kappa shape index (κ1) is 22.7. The average molecular weight is 448 g/mol. The van der Waals surface area contributed by atoms with Crippen LogP contribution in [0.15, 0.2) is 48.7 Å². The van der Waals surface area contributed by atoms with Gasteiger partial charge in [0.1, 0.15) is 0 Å². The normalized spacial score (nSPS) is 11.4. The molecule has 0 unspecified atom stereocenters. The number of H-pyrrole nitrogens is 1. The number of nitrogens with zero attached hydrogens (tertiary/aromatic N) is 4. The molecule has 33 heavy (non-hydrogen) atoms. The number of nitrogens with one attached hydrogen (secondary N) is 1. The number of likely N-dealkylation sites (N-methyl/N-ethyl adjacent to an activating group) is 1. The number of benzene rings is 2. The summed E-state index contributed by atoms with van der Waals surface area (Å²) in [5.74, 6) is -0.174. The lowest BCUT2D eigenvalue weighted by Gasteiger charge is -2.16. The summed E-state index contributed by atoms with van der Waals surface area (Å²) in [6.45, 7) is 7.70. The van der Waals surface area contributed by atoms with Crippen molar-refractivity contribution in [2.24, 2.45) is 0 Å². The molecule has 7 heteroatoms. The number of aryl methyl sites for hydroxylation is 3. The Kier molecular flexibility index (Phi) is 6.60. The zero-order chi connectivity index (χ0) is 23.5. The molecule has 2 heterocycles. The van der Waals surface area contributed by atoms with Crippen LogP contribution in [-0.2, 0) is 13.0 Å².